The van der Waals surface area contributed by atoms with E-state index in [0.717, 1.165) is 6.42 Å². The summed E-state index contributed by atoms with van der Waals surface area (Å²) in [6, 6.07) is 4.77. The van der Waals surface area contributed by atoms with Gasteiger partial charge in [-0.25, -0.2) is 0 Å². The summed E-state index contributed by atoms with van der Waals surface area (Å²) in [4.78, 5) is 27.3. The number of anilines is 1. The highest BCUT2D eigenvalue weighted by Gasteiger charge is 2.24. The fraction of sp³-hybridized carbons (Fsp3) is 0.385. The Morgan fingerprint density at radius 1 is 1.37 bits per heavy atom. The molecular formula is C13H16ClN3O2. The molecule has 2 N–H and O–H groups in total. The van der Waals surface area contributed by atoms with Crippen molar-refractivity contribution in [1.29, 1.82) is 0 Å². The highest BCUT2D eigenvalue weighted by atomic mass is 35.5. The van der Waals surface area contributed by atoms with Gasteiger partial charge < -0.3 is 15.5 Å². The molecule has 102 valence electrons. The van der Waals surface area contributed by atoms with Crippen molar-refractivity contribution in [2.24, 2.45) is 0 Å². The zero-order valence-electron chi connectivity index (χ0n) is 10.7. The monoisotopic (exact) mass is 281 g/mol. The molecule has 1 aliphatic heterocycles. The average Bonchev–Trinajstić information content (AvgIpc) is 2.51. The summed E-state index contributed by atoms with van der Waals surface area (Å²) < 4.78 is 0. The van der Waals surface area contributed by atoms with Crippen LogP contribution in [0.5, 0.6) is 0 Å². The maximum atomic E-state index is 12.4. The molecule has 1 aromatic rings. The zero-order chi connectivity index (χ0) is 14.0. The first kappa shape index (κ1) is 13.7. The number of nitrogens with two attached hydrogens (primary N) is 1. The van der Waals surface area contributed by atoms with Gasteiger partial charge >= 0.3 is 0 Å². The normalized spacial score (nSPS) is 16.4. The Hall–Kier alpha value is -1.75. The predicted molar refractivity (Wildman–Crippen MR) is 74.0 cm³/mol. The Morgan fingerprint density at radius 2 is 2.11 bits per heavy atom. The molecule has 0 aromatic heterocycles. The van der Waals surface area contributed by atoms with Crippen LogP contribution in [0.2, 0.25) is 5.02 Å². The van der Waals surface area contributed by atoms with Crippen LogP contribution in [0.25, 0.3) is 0 Å². The summed E-state index contributed by atoms with van der Waals surface area (Å²) in [5.74, 6) is -0.286. The van der Waals surface area contributed by atoms with E-state index in [0.29, 0.717) is 29.4 Å². The zero-order valence-corrected chi connectivity index (χ0v) is 11.5. The lowest BCUT2D eigenvalue weighted by Gasteiger charge is -2.20. The predicted octanol–water partition coefficient (Wildman–Crippen LogP) is 1.23. The van der Waals surface area contributed by atoms with Crippen LogP contribution in [0.15, 0.2) is 18.2 Å². The lowest BCUT2D eigenvalue weighted by atomic mass is 10.1. The van der Waals surface area contributed by atoms with E-state index in [-0.39, 0.29) is 18.4 Å². The number of carbonyl (C=O) groups is 2. The molecule has 19 heavy (non-hydrogen) atoms. The molecule has 0 unspecified atom stereocenters. The molecule has 2 amide bonds. The third-order valence-corrected chi connectivity index (χ3v) is 3.50. The Labute approximate surface area is 116 Å². The molecule has 0 aliphatic carbocycles. The van der Waals surface area contributed by atoms with Crippen molar-refractivity contribution in [3.05, 3.63) is 28.8 Å². The Kier molecular flexibility index (Phi) is 3.95. The van der Waals surface area contributed by atoms with Crippen LogP contribution < -0.4 is 5.73 Å². The Bertz CT molecular complexity index is 519. The van der Waals surface area contributed by atoms with Gasteiger partial charge in [-0.15, -0.1) is 0 Å². The molecule has 1 fully saturated rings. The molecule has 5 nitrogen and oxygen atoms in total. The highest BCUT2D eigenvalue weighted by molar-refractivity contribution is 6.34. The van der Waals surface area contributed by atoms with Gasteiger partial charge in [0.15, 0.2) is 0 Å². The number of likely N-dealkylation sites (N-methyl/N-ethyl adjacent to an activating group) is 1. The first-order valence-electron chi connectivity index (χ1n) is 6.07. The van der Waals surface area contributed by atoms with Crippen LogP contribution in [0.1, 0.15) is 16.8 Å². The summed E-state index contributed by atoms with van der Waals surface area (Å²) in [6.45, 7) is 1.31. The molecule has 6 heteroatoms. The van der Waals surface area contributed by atoms with E-state index >= 15 is 0 Å². The van der Waals surface area contributed by atoms with E-state index in [1.165, 1.54) is 4.90 Å². The number of rotatable bonds is 1. The van der Waals surface area contributed by atoms with E-state index in [2.05, 4.69) is 0 Å². The van der Waals surface area contributed by atoms with Crippen molar-refractivity contribution in [3.8, 4) is 0 Å². The smallest absolute Gasteiger partial charge is 0.255 e. The third-order valence-electron chi connectivity index (χ3n) is 3.18. The van der Waals surface area contributed by atoms with Crippen LogP contribution in [0.3, 0.4) is 0 Å². The molecule has 0 spiro atoms. The van der Waals surface area contributed by atoms with Gasteiger partial charge in [-0.3, -0.25) is 9.59 Å². The number of carbonyl (C=O) groups excluding carboxylic acids is 2. The summed E-state index contributed by atoms with van der Waals surface area (Å²) in [7, 11) is 1.74. The van der Waals surface area contributed by atoms with Crippen LogP contribution in [-0.2, 0) is 4.79 Å². The van der Waals surface area contributed by atoms with E-state index in [1.807, 2.05) is 0 Å². The number of hydrogen-bond donors (Lipinski definition) is 1. The molecule has 2 rings (SSSR count). The summed E-state index contributed by atoms with van der Waals surface area (Å²) in [6.07, 6.45) is 0.764. The van der Waals surface area contributed by atoms with Crippen molar-refractivity contribution in [3.63, 3.8) is 0 Å². The number of halogens is 1. The number of benzene rings is 1. The van der Waals surface area contributed by atoms with Crippen molar-refractivity contribution >= 4 is 29.1 Å². The molecule has 0 saturated carbocycles. The van der Waals surface area contributed by atoms with Crippen molar-refractivity contribution in [2.45, 2.75) is 6.42 Å². The second kappa shape index (κ2) is 5.48. The lowest BCUT2D eigenvalue weighted by Crippen LogP contribution is -2.38. The molecule has 1 saturated heterocycles. The largest absolute Gasteiger partial charge is 0.399 e. The Morgan fingerprint density at radius 3 is 2.79 bits per heavy atom. The quantitative estimate of drug-likeness (QED) is 0.787. The first-order valence-corrected chi connectivity index (χ1v) is 6.45. The second-order valence-electron chi connectivity index (χ2n) is 4.63. The number of nitrogen functional groups attached to an aromatic ring is 1. The van der Waals surface area contributed by atoms with Gasteiger partial charge in [0.2, 0.25) is 5.91 Å². The van der Waals surface area contributed by atoms with Crippen molar-refractivity contribution in [1.82, 2.24) is 9.80 Å². The van der Waals surface area contributed by atoms with Crippen molar-refractivity contribution < 1.29 is 9.59 Å². The Balaban J connectivity index is 2.21. The maximum Gasteiger partial charge on any atom is 0.255 e. The van der Waals surface area contributed by atoms with Crippen LogP contribution in [0.4, 0.5) is 5.69 Å². The SMILES string of the molecule is CN1CCCN(C(=O)c2ccc(N)cc2Cl)CC1=O. The minimum Gasteiger partial charge on any atom is -0.399 e. The minimum atomic E-state index is -0.228. The molecular weight excluding hydrogens is 266 g/mol. The highest BCUT2D eigenvalue weighted by Crippen LogP contribution is 2.21. The average molecular weight is 282 g/mol. The molecule has 0 radical (unpaired) electrons. The van der Waals surface area contributed by atoms with E-state index in [4.69, 9.17) is 17.3 Å². The summed E-state index contributed by atoms with van der Waals surface area (Å²) in [5.41, 5.74) is 6.49. The molecule has 1 heterocycles. The van der Waals surface area contributed by atoms with Gasteiger partial charge in [0.05, 0.1) is 10.6 Å². The number of nitrogens with zero attached hydrogens (tertiary/aromatic N) is 2. The minimum absolute atomic E-state index is 0.0579. The van der Waals surface area contributed by atoms with Gasteiger partial charge in [0, 0.05) is 25.8 Å². The molecule has 1 aromatic carbocycles. The number of amides is 2. The standard InChI is InChI=1S/C13H16ClN3O2/c1-16-5-2-6-17(8-12(16)18)13(19)10-4-3-9(15)7-11(10)14/h3-4,7H,2,5-6,8,15H2,1H3. The van der Waals surface area contributed by atoms with Crippen LogP contribution >= 0.6 is 11.6 Å². The molecule has 0 bridgehead atoms. The van der Waals surface area contributed by atoms with Gasteiger partial charge in [0.25, 0.3) is 5.91 Å². The fourth-order valence-corrected chi connectivity index (χ4v) is 2.30. The second-order valence-corrected chi connectivity index (χ2v) is 5.04. The lowest BCUT2D eigenvalue weighted by molar-refractivity contribution is -0.129. The van der Waals surface area contributed by atoms with E-state index in [1.54, 1.807) is 30.1 Å². The van der Waals surface area contributed by atoms with Gasteiger partial charge in [0.1, 0.15) is 6.54 Å². The van der Waals surface area contributed by atoms with Crippen molar-refractivity contribution in [2.75, 3.05) is 32.4 Å². The van der Waals surface area contributed by atoms with Crippen LogP contribution in [0, 0.1) is 0 Å². The maximum absolute atomic E-state index is 12.4. The van der Waals surface area contributed by atoms with Crippen LogP contribution in [-0.4, -0.2) is 48.3 Å². The van der Waals surface area contributed by atoms with E-state index in [9.17, 15) is 9.59 Å². The molecule has 0 atom stereocenters. The van der Waals surface area contributed by atoms with E-state index < -0.39 is 0 Å². The summed E-state index contributed by atoms with van der Waals surface area (Å²) in [5, 5.41) is 0.315. The number of hydrogen-bond acceptors (Lipinski definition) is 3. The topological polar surface area (TPSA) is 66.6 Å². The van der Waals surface area contributed by atoms with Gasteiger partial charge in [-0.2, -0.15) is 0 Å². The molecule has 1 aliphatic rings. The van der Waals surface area contributed by atoms with Gasteiger partial charge in [-0.1, -0.05) is 11.6 Å². The first-order chi connectivity index (χ1) is 8.99. The van der Waals surface area contributed by atoms with Gasteiger partial charge in [-0.05, 0) is 24.6 Å². The summed E-state index contributed by atoms with van der Waals surface area (Å²) >= 11 is 6.03. The fourth-order valence-electron chi connectivity index (χ4n) is 2.03. The third kappa shape index (κ3) is 2.98.